The van der Waals surface area contributed by atoms with Gasteiger partial charge in [0.2, 0.25) is 15.9 Å². The molecule has 0 spiro atoms. The topological polar surface area (TPSA) is 112 Å². The van der Waals surface area contributed by atoms with Crippen LogP contribution in [0.5, 0.6) is 0 Å². The average molecular weight is 484 g/mol. The Labute approximate surface area is 189 Å². The molecule has 176 valence electrons. The molecule has 9 nitrogen and oxygen atoms in total. The highest BCUT2D eigenvalue weighted by molar-refractivity contribution is 7.91. The van der Waals surface area contributed by atoms with Crippen LogP contribution in [0.1, 0.15) is 36.5 Å². The fourth-order valence-electron chi connectivity index (χ4n) is 4.46. The number of piperazine rings is 1. The maximum atomic E-state index is 13.0. The van der Waals surface area contributed by atoms with E-state index >= 15 is 0 Å². The van der Waals surface area contributed by atoms with Crippen molar-refractivity contribution in [1.82, 2.24) is 14.1 Å². The minimum Gasteiger partial charge on any atom is -0.335 e. The molecular weight excluding hydrogens is 454 g/mol. The van der Waals surface area contributed by atoms with Gasteiger partial charge in [0.05, 0.1) is 22.9 Å². The number of benzene rings is 1. The number of hydrogen-bond donors (Lipinski definition) is 0. The summed E-state index contributed by atoms with van der Waals surface area (Å²) >= 11 is 0. The molecule has 0 radical (unpaired) electrons. The maximum absolute atomic E-state index is 13.0. The molecule has 1 aromatic rings. The lowest BCUT2D eigenvalue weighted by atomic mass is 10.2. The van der Waals surface area contributed by atoms with Crippen LogP contribution in [0, 0.1) is 0 Å². The summed E-state index contributed by atoms with van der Waals surface area (Å²) in [5.74, 6) is -0.00435. The van der Waals surface area contributed by atoms with Crippen molar-refractivity contribution in [3.8, 4) is 0 Å². The Balaban J connectivity index is 1.35. The van der Waals surface area contributed by atoms with Crippen LogP contribution in [-0.2, 0) is 24.7 Å². The Morgan fingerprint density at radius 2 is 1.62 bits per heavy atom. The van der Waals surface area contributed by atoms with E-state index < -0.39 is 19.9 Å². The first-order chi connectivity index (χ1) is 15.1. The smallest absolute Gasteiger partial charge is 0.243 e. The van der Waals surface area contributed by atoms with E-state index in [1.807, 2.05) is 4.90 Å². The molecule has 3 aliphatic rings. The molecule has 32 heavy (non-hydrogen) atoms. The molecule has 0 unspecified atom stereocenters. The van der Waals surface area contributed by atoms with Crippen LogP contribution in [0.25, 0.3) is 0 Å². The number of sulfone groups is 1. The summed E-state index contributed by atoms with van der Waals surface area (Å²) in [4.78, 5) is 28.3. The van der Waals surface area contributed by atoms with Crippen LogP contribution in [0.2, 0.25) is 0 Å². The average Bonchev–Trinajstić information content (AvgIpc) is 3.51. The van der Waals surface area contributed by atoms with E-state index in [0.717, 1.165) is 12.8 Å². The molecule has 1 aromatic carbocycles. The highest BCUT2D eigenvalue weighted by Gasteiger charge is 2.42. The van der Waals surface area contributed by atoms with Crippen molar-refractivity contribution < 1.29 is 26.4 Å². The molecule has 1 amide bonds. The van der Waals surface area contributed by atoms with Crippen molar-refractivity contribution in [2.24, 2.45) is 0 Å². The molecule has 1 atom stereocenters. The summed E-state index contributed by atoms with van der Waals surface area (Å²) in [5, 5.41) is 0. The van der Waals surface area contributed by atoms with Crippen LogP contribution >= 0.6 is 0 Å². The molecule has 2 saturated heterocycles. The van der Waals surface area contributed by atoms with Crippen molar-refractivity contribution in [3.05, 3.63) is 29.8 Å². The zero-order valence-electron chi connectivity index (χ0n) is 18.1. The number of nitrogens with zero attached hydrogens (tertiary/aromatic N) is 3. The third-order valence-corrected chi connectivity index (χ3v) is 10.1. The monoisotopic (exact) mass is 483 g/mol. The Morgan fingerprint density at radius 1 is 1.00 bits per heavy atom. The molecule has 3 fully saturated rings. The second-order valence-corrected chi connectivity index (χ2v) is 13.0. The largest absolute Gasteiger partial charge is 0.335 e. The third kappa shape index (κ3) is 5.05. The Morgan fingerprint density at radius 3 is 2.12 bits per heavy atom. The number of rotatable bonds is 7. The van der Waals surface area contributed by atoms with Crippen molar-refractivity contribution >= 4 is 31.6 Å². The van der Waals surface area contributed by atoms with E-state index in [2.05, 4.69) is 0 Å². The lowest BCUT2D eigenvalue weighted by Crippen LogP contribution is -2.53. The molecule has 0 bridgehead atoms. The van der Waals surface area contributed by atoms with E-state index in [1.165, 1.54) is 35.5 Å². The fourth-order valence-corrected chi connectivity index (χ4v) is 7.60. The Kier molecular flexibility index (Phi) is 6.45. The van der Waals surface area contributed by atoms with E-state index in [1.54, 1.807) is 4.90 Å². The standard InChI is InChI=1S/C21H29N3O6S2/c1-16(25)17-2-6-20(7-3-17)32(29,30)23-11-9-22(10-12-23)14-21(26)24(18-4-5-18)19-8-13-31(27,28)15-19/h2-3,6-7,18-19H,4-5,8-15H2,1H3/t19-/m0/s1. The lowest BCUT2D eigenvalue weighted by Gasteiger charge is -2.36. The van der Waals surface area contributed by atoms with Crippen molar-refractivity contribution in [2.45, 2.75) is 43.2 Å². The predicted octanol–water partition coefficient (Wildman–Crippen LogP) is 0.374. The summed E-state index contributed by atoms with van der Waals surface area (Å²) in [7, 11) is -6.74. The molecule has 1 saturated carbocycles. The first-order valence-electron chi connectivity index (χ1n) is 10.9. The van der Waals surface area contributed by atoms with Crippen LogP contribution < -0.4 is 0 Å². The molecular formula is C21H29N3O6S2. The number of sulfonamides is 1. The first kappa shape index (κ1) is 23.3. The predicted molar refractivity (Wildman–Crippen MR) is 119 cm³/mol. The van der Waals surface area contributed by atoms with Gasteiger partial charge in [-0.15, -0.1) is 0 Å². The number of ketones is 1. The van der Waals surface area contributed by atoms with Gasteiger partial charge in [0.1, 0.15) is 0 Å². The zero-order chi connectivity index (χ0) is 23.1. The van der Waals surface area contributed by atoms with Crippen molar-refractivity contribution in [3.63, 3.8) is 0 Å². The van der Waals surface area contributed by atoms with Gasteiger partial charge in [-0.3, -0.25) is 14.5 Å². The second-order valence-electron chi connectivity index (χ2n) is 8.85. The summed E-state index contributed by atoms with van der Waals surface area (Å²) in [6.45, 7) is 3.00. The Hall–Kier alpha value is -1.82. The van der Waals surface area contributed by atoms with Crippen LogP contribution in [0.4, 0.5) is 0 Å². The lowest BCUT2D eigenvalue weighted by molar-refractivity contribution is -0.135. The number of hydrogen-bond acceptors (Lipinski definition) is 7. The second kappa shape index (κ2) is 8.85. The van der Waals surface area contributed by atoms with Gasteiger partial charge >= 0.3 is 0 Å². The SMILES string of the molecule is CC(=O)c1ccc(S(=O)(=O)N2CCN(CC(=O)N(C3CC3)[C@H]3CCS(=O)(=O)C3)CC2)cc1. The number of carbonyl (C=O) groups excluding carboxylic acids is 2. The normalized spacial score (nSPS) is 24.3. The fraction of sp³-hybridized carbons (Fsp3) is 0.619. The van der Waals surface area contributed by atoms with Gasteiger partial charge in [0.15, 0.2) is 15.6 Å². The minimum absolute atomic E-state index is 0.0453. The first-order valence-corrected chi connectivity index (χ1v) is 14.2. The molecule has 0 aromatic heterocycles. The number of Topliss-reactive ketones (excluding diaryl/α,β-unsaturated/α-hetero) is 1. The van der Waals surface area contributed by atoms with Gasteiger partial charge in [0.25, 0.3) is 0 Å². The summed E-state index contributed by atoms with van der Waals surface area (Å²) in [6, 6.07) is 5.83. The highest BCUT2D eigenvalue weighted by Crippen LogP contribution is 2.32. The quantitative estimate of drug-likeness (QED) is 0.515. The molecule has 2 heterocycles. The van der Waals surface area contributed by atoms with E-state index in [4.69, 9.17) is 0 Å². The van der Waals surface area contributed by atoms with Gasteiger partial charge in [-0.2, -0.15) is 4.31 Å². The molecule has 0 N–H and O–H groups in total. The van der Waals surface area contributed by atoms with Crippen molar-refractivity contribution in [1.29, 1.82) is 0 Å². The Bertz CT molecular complexity index is 1090. The van der Waals surface area contributed by atoms with Crippen LogP contribution in [0.3, 0.4) is 0 Å². The minimum atomic E-state index is -3.67. The van der Waals surface area contributed by atoms with E-state index in [9.17, 15) is 26.4 Å². The molecule has 11 heteroatoms. The van der Waals surface area contributed by atoms with E-state index in [-0.39, 0.29) is 59.8 Å². The summed E-state index contributed by atoms with van der Waals surface area (Å²) in [5.41, 5.74) is 0.461. The molecule has 2 aliphatic heterocycles. The highest BCUT2D eigenvalue weighted by atomic mass is 32.2. The van der Waals surface area contributed by atoms with Gasteiger partial charge in [-0.25, -0.2) is 16.8 Å². The number of amides is 1. The molecule has 4 rings (SSSR count). The number of carbonyl (C=O) groups is 2. The third-order valence-electron chi connectivity index (χ3n) is 6.42. The van der Waals surface area contributed by atoms with Gasteiger partial charge in [0, 0.05) is 43.8 Å². The van der Waals surface area contributed by atoms with Gasteiger partial charge in [-0.05, 0) is 38.3 Å². The maximum Gasteiger partial charge on any atom is 0.243 e. The van der Waals surface area contributed by atoms with Crippen LogP contribution in [0.15, 0.2) is 29.2 Å². The van der Waals surface area contributed by atoms with Crippen molar-refractivity contribution in [2.75, 3.05) is 44.2 Å². The van der Waals surface area contributed by atoms with Gasteiger partial charge in [-0.1, -0.05) is 12.1 Å². The van der Waals surface area contributed by atoms with E-state index in [0.29, 0.717) is 25.1 Å². The zero-order valence-corrected chi connectivity index (χ0v) is 19.8. The summed E-state index contributed by atoms with van der Waals surface area (Å²) < 4.78 is 51.0. The summed E-state index contributed by atoms with van der Waals surface area (Å²) in [6.07, 6.45) is 2.33. The molecule has 1 aliphatic carbocycles. The van der Waals surface area contributed by atoms with Crippen LogP contribution in [-0.4, -0.2) is 98.9 Å². The van der Waals surface area contributed by atoms with Gasteiger partial charge < -0.3 is 4.90 Å².